The van der Waals surface area contributed by atoms with Crippen molar-refractivity contribution in [3.63, 3.8) is 0 Å². The lowest BCUT2D eigenvalue weighted by atomic mass is 9.94. The van der Waals surface area contributed by atoms with Gasteiger partial charge in [-0.3, -0.25) is 4.79 Å². The molecule has 1 aliphatic heterocycles. The molecule has 128 valence electrons. The van der Waals surface area contributed by atoms with E-state index < -0.39 is 0 Å². The molecule has 1 amide bonds. The van der Waals surface area contributed by atoms with Gasteiger partial charge in [0.15, 0.2) is 0 Å². The molecular weight excluding hydrogens is 286 g/mol. The average Bonchev–Trinajstić information content (AvgIpc) is 2.51. The van der Waals surface area contributed by atoms with Crippen molar-refractivity contribution in [1.82, 2.24) is 4.90 Å². The summed E-state index contributed by atoms with van der Waals surface area (Å²) in [4.78, 5) is 14.6. The molecule has 2 N–H and O–H groups in total. The highest BCUT2D eigenvalue weighted by atomic mass is 16.1. The van der Waals surface area contributed by atoms with Gasteiger partial charge in [-0.25, -0.2) is 0 Å². The van der Waals surface area contributed by atoms with Crippen LogP contribution in [0.5, 0.6) is 0 Å². The molecule has 1 aliphatic rings. The Morgan fingerprint density at radius 1 is 1.17 bits per heavy atom. The highest BCUT2D eigenvalue weighted by Gasteiger charge is 2.18. The molecule has 1 atom stereocenters. The first kappa shape index (κ1) is 17.8. The third-order valence-corrected chi connectivity index (χ3v) is 4.92. The van der Waals surface area contributed by atoms with Crippen molar-refractivity contribution in [1.29, 1.82) is 0 Å². The molecule has 0 aromatic heterocycles. The number of para-hydroxylation sites is 2. The van der Waals surface area contributed by atoms with Crippen molar-refractivity contribution in [3.8, 4) is 0 Å². The van der Waals surface area contributed by atoms with E-state index in [9.17, 15) is 4.79 Å². The summed E-state index contributed by atoms with van der Waals surface area (Å²) >= 11 is 0. The molecule has 0 saturated carbocycles. The van der Waals surface area contributed by atoms with Gasteiger partial charge in [-0.2, -0.15) is 0 Å². The molecule has 4 nitrogen and oxygen atoms in total. The minimum atomic E-state index is 0.101. The molecule has 0 radical (unpaired) electrons. The standard InChI is InChI=1S/C19H31N3O/c1-14(2)15(3)13-19(23)21-18-8-6-5-7-17(18)20-16-9-11-22(4)12-10-16/h5-8,14-16,20H,9-13H2,1-4H3,(H,21,23)/t15-/m0/s1. The number of benzene rings is 1. The van der Waals surface area contributed by atoms with Crippen molar-refractivity contribution >= 4 is 17.3 Å². The molecule has 1 aromatic rings. The zero-order valence-electron chi connectivity index (χ0n) is 14.9. The van der Waals surface area contributed by atoms with Gasteiger partial charge < -0.3 is 15.5 Å². The van der Waals surface area contributed by atoms with Crippen molar-refractivity contribution in [2.75, 3.05) is 30.8 Å². The number of rotatable bonds is 6. The summed E-state index contributed by atoms with van der Waals surface area (Å²) in [7, 11) is 2.17. The molecular formula is C19H31N3O. The first-order valence-electron chi connectivity index (χ1n) is 8.79. The number of likely N-dealkylation sites (tertiary alicyclic amines) is 1. The maximum atomic E-state index is 12.3. The van der Waals surface area contributed by atoms with Crippen molar-refractivity contribution in [2.45, 2.75) is 46.1 Å². The zero-order valence-corrected chi connectivity index (χ0v) is 14.9. The number of carbonyl (C=O) groups is 1. The maximum absolute atomic E-state index is 12.3. The van der Waals surface area contributed by atoms with Crippen LogP contribution in [0, 0.1) is 11.8 Å². The second-order valence-corrected chi connectivity index (χ2v) is 7.24. The topological polar surface area (TPSA) is 44.4 Å². The molecule has 1 aromatic carbocycles. The molecule has 0 spiro atoms. The Morgan fingerprint density at radius 3 is 2.39 bits per heavy atom. The molecule has 0 aliphatic carbocycles. The number of amides is 1. The van der Waals surface area contributed by atoms with Gasteiger partial charge in [-0.1, -0.05) is 32.9 Å². The summed E-state index contributed by atoms with van der Waals surface area (Å²) in [6.07, 6.45) is 2.85. The van der Waals surface area contributed by atoms with Crippen LogP contribution in [0.3, 0.4) is 0 Å². The van der Waals surface area contributed by atoms with Crippen molar-refractivity contribution in [2.24, 2.45) is 11.8 Å². The molecule has 0 bridgehead atoms. The molecule has 1 fully saturated rings. The summed E-state index contributed by atoms with van der Waals surface area (Å²) in [5, 5.41) is 6.69. The fourth-order valence-corrected chi connectivity index (χ4v) is 2.82. The number of piperidine rings is 1. The van der Waals surface area contributed by atoms with Gasteiger partial charge >= 0.3 is 0 Å². The Labute approximate surface area is 140 Å². The van der Waals surface area contributed by atoms with Crippen LogP contribution in [0.2, 0.25) is 0 Å². The number of hydrogen-bond acceptors (Lipinski definition) is 3. The summed E-state index contributed by atoms with van der Waals surface area (Å²) in [6, 6.07) is 8.51. The van der Waals surface area contributed by atoms with E-state index in [-0.39, 0.29) is 5.91 Å². The van der Waals surface area contributed by atoms with E-state index >= 15 is 0 Å². The van der Waals surface area contributed by atoms with E-state index in [1.165, 1.54) is 0 Å². The minimum absolute atomic E-state index is 0.101. The number of anilines is 2. The lowest BCUT2D eigenvalue weighted by Crippen LogP contribution is -2.36. The maximum Gasteiger partial charge on any atom is 0.224 e. The minimum Gasteiger partial charge on any atom is -0.381 e. The van der Waals surface area contributed by atoms with Crippen molar-refractivity contribution in [3.05, 3.63) is 24.3 Å². The molecule has 2 rings (SSSR count). The van der Waals surface area contributed by atoms with Crippen LogP contribution in [0.25, 0.3) is 0 Å². The van der Waals surface area contributed by atoms with Gasteiger partial charge in [0, 0.05) is 12.5 Å². The second kappa shape index (κ2) is 8.34. The van der Waals surface area contributed by atoms with Gasteiger partial charge in [-0.15, -0.1) is 0 Å². The second-order valence-electron chi connectivity index (χ2n) is 7.24. The molecule has 0 unspecified atom stereocenters. The third kappa shape index (κ3) is 5.54. The van der Waals surface area contributed by atoms with Crippen LogP contribution in [0.1, 0.15) is 40.0 Å². The first-order valence-corrected chi connectivity index (χ1v) is 8.79. The van der Waals surface area contributed by atoms with E-state index in [0.717, 1.165) is 37.3 Å². The van der Waals surface area contributed by atoms with E-state index in [0.29, 0.717) is 24.3 Å². The quantitative estimate of drug-likeness (QED) is 0.838. The van der Waals surface area contributed by atoms with E-state index in [2.05, 4.69) is 49.4 Å². The van der Waals surface area contributed by atoms with E-state index in [1.807, 2.05) is 18.2 Å². The smallest absolute Gasteiger partial charge is 0.224 e. The highest BCUT2D eigenvalue weighted by molar-refractivity contribution is 5.94. The van der Waals surface area contributed by atoms with Gasteiger partial charge in [0.2, 0.25) is 5.91 Å². The third-order valence-electron chi connectivity index (χ3n) is 4.92. The van der Waals surface area contributed by atoms with Crippen molar-refractivity contribution < 1.29 is 4.79 Å². The highest BCUT2D eigenvalue weighted by Crippen LogP contribution is 2.25. The molecule has 1 saturated heterocycles. The Kier molecular flexibility index (Phi) is 6.46. The number of hydrogen-bond donors (Lipinski definition) is 2. The van der Waals surface area contributed by atoms with Gasteiger partial charge in [0.05, 0.1) is 11.4 Å². The van der Waals surface area contributed by atoms with Crippen LogP contribution in [-0.4, -0.2) is 37.0 Å². The Bertz CT molecular complexity index is 507. The molecule has 4 heteroatoms. The number of nitrogens with one attached hydrogen (secondary N) is 2. The van der Waals surface area contributed by atoms with Crippen LogP contribution in [-0.2, 0) is 4.79 Å². The van der Waals surface area contributed by atoms with Gasteiger partial charge in [0.25, 0.3) is 0 Å². The number of nitrogens with zero attached hydrogens (tertiary/aromatic N) is 1. The summed E-state index contributed by atoms with van der Waals surface area (Å²) in [5.74, 6) is 1.01. The van der Waals surface area contributed by atoms with Gasteiger partial charge in [-0.05, 0) is 56.9 Å². The normalized spacial score (nSPS) is 18.0. The lowest BCUT2D eigenvalue weighted by Gasteiger charge is -2.30. The lowest BCUT2D eigenvalue weighted by molar-refractivity contribution is -0.117. The summed E-state index contributed by atoms with van der Waals surface area (Å²) < 4.78 is 0. The van der Waals surface area contributed by atoms with Gasteiger partial charge in [0.1, 0.15) is 0 Å². The zero-order chi connectivity index (χ0) is 16.8. The first-order chi connectivity index (χ1) is 11.0. The SMILES string of the molecule is CC(C)[C@@H](C)CC(=O)Nc1ccccc1NC1CCN(C)CC1. The van der Waals surface area contributed by atoms with Crippen LogP contribution < -0.4 is 10.6 Å². The Hall–Kier alpha value is -1.55. The van der Waals surface area contributed by atoms with Crippen LogP contribution in [0.15, 0.2) is 24.3 Å². The fraction of sp³-hybridized carbons (Fsp3) is 0.632. The Balaban J connectivity index is 1.96. The predicted molar refractivity (Wildman–Crippen MR) is 97.8 cm³/mol. The summed E-state index contributed by atoms with van der Waals surface area (Å²) in [5.41, 5.74) is 1.93. The number of carbonyl (C=O) groups excluding carboxylic acids is 1. The monoisotopic (exact) mass is 317 g/mol. The summed E-state index contributed by atoms with van der Waals surface area (Å²) in [6.45, 7) is 8.70. The fourth-order valence-electron chi connectivity index (χ4n) is 2.82. The average molecular weight is 317 g/mol. The van der Waals surface area contributed by atoms with Crippen LogP contribution >= 0.6 is 0 Å². The Morgan fingerprint density at radius 2 is 1.78 bits per heavy atom. The van der Waals surface area contributed by atoms with Crippen LogP contribution in [0.4, 0.5) is 11.4 Å². The molecule has 23 heavy (non-hydrogen) atoms. The largest absolute Gasteiger partial charge is 0.381 e. The van der Waals surface area contributed by atoms with E-state index in [4.69, 9.17) is 0 Å². The predicted octanol–water partition coefficient (Wildman–Crippen LogP) is 3.81. The molecule has 1 heterocycles. The van der Waals surface area contributed by atoms with E-state index in [1.54, 1.807) is 0 Å².